The number of anilines is 1. The second-order valence-corrected chi connectivity index (χ2v) is 7.33. The summed E-state index contributed by atoms with van der Waals surface area (Å²) in [5.41, 5.74) is 3.47. The third kappa shape index (κ3) is 4.59. The van der Waals surface area contributed by atoms with Crippen LogP contribution in [0.15, 0.2) is 24.3 Å². The summed E-state index contributed by atoms with van der Waals surface area (Å²) in [6.45, 7) is 9.10. The maximum absolute atomic E-state index is 12.0. The summed E-state index contributed by atoms with van der Waals surface area (Å²) in [6.07, 6.45) is 2.21. The van der Waals surface area contributed by atoms with Crippen molar-refractivity contribution < 1.29 is 4.79 Å². The maximum Gasteiger partial charge on any atom is 0.222 e. The summed E-state index contributed by atoms with van der Waals surface area (Å²) in [7, 11) is 0. The molecule has 0 N–H and O–H groups in total. The molecule has 27 heavy (non-hydrogen) atoms. The van der Waals surface area contributed by atoms with Crippen molar-refractivity contribution >= 4 is 23.3 Å². The number of nitrogens with zero attached hydrogens (tertiary/aromatic N) is 4. The van der Waals surface area contributed by atoms with Crippen LogP contribution in [-0.4, -0.2) is 47.0 Å². The standard InChI is InChI=1S/C21H27ClN4O/c1-4-19-18(14-16-6-8-17(22)9-7-16)21(24-15(3)23-19)26-12-10-25(11-13-26)20(27)5-2/h6-9H,4-5,10-14H2,1-3H3. The Labute approximate surface area is 166 Å². The van der Waals surface area contributed by atoms with E-state index in [2.05, 4.69) is 28.9 Å². The fourth-order valence-electron chi connectivity index (χ4n) is 3.57. The van der Waals surface area contributed by atoms with E-state index < -0.39 is 0 Å². The Kier molecular flexibility index (Phi) is 6.32. The number of rotatable bonds is 5. The van der Waals surface area contributed by atoms with Gasteiger partial charge in [-0.3, -0.25) is 4.79 Å². The lowest BCUT2D eigenvalue weighted by Gasteiger charge is -2.36. The van der Waals surface area contributed by atoms with Crippen molar-refractivity contribution in [2.24, 2.45) is 0 Å². The van der Waals surface area contributed by atoms with Crippen molar-refractivity contribution in [3.05, 3.63) is 51.9 Å². The summed E-state index contributed by atoms with van der Waals surface area (Å²) in [4.78, 5) is 25.7. The molecule has 6 heteroatoms. The first-order chi connectivity index (χ1) is 13.0. The highest BCUT2D eigenvalue weighted by molar-refractivity contribution is 6.30. The Morgan fingerprint density at radius 1 is 1.07 bits per heavy atom. The van der Waals surface area contributed by atoms with Crippen LogP contribution in [0.25, 0.3) is 0 Å². The van der Waals surface area contributed by atoms with Crippen molar-refractivity contribution in [3.8, 4) is 0 Å². The molecule has 3 rings (SSSR count). The molecular formula is C21H27ClN4O. The second kappa shape index (κ2) is 8.70. The number of hydrogen-bond acceptors (Lipinski definition) is 4. The number of aryl methyl sites for hydroxylation is 2. The average Bonchev–Trinajstić information content (AvgIpc) is 2.70. The number of carbonyl (C=O) groups is 1. The van der Waals surface area contributed by atoms with Crippen molar-refractivity contribution in [2.75, 3.05) is 31.1 Å². The summed E-state index contributed by atoms with van der Waals surface area (Å²) in [5.74, 6) is 2.04. The molecule has 0 spiro atoms. The molecule has 1 aromatic heterocycles. The molecule has 1 aliphatic heterocycles. The predicted molar refractivity (Wildman–Crippen MR) is 109 cm³/mol. The van der Waals surface area contributed by atoms with Crippen molar-refractivity contribution in [1.82, 2.24) is 14.9 Å². The van der Waals surface area contributed by atoms with Crippen LogP contribution >= 0.6 is 11.6 Å². The smallest absolute Gasteiger partial charge is 0.222 e. The molecule has 5 nitrogen and oxygen atoms in total. The molecule has 1 fully saturated rings. The van der Waals surface area contributed by atoms with E-state index in [1.807, 2.05) is 30.9 Å². The molecule has 144 valence electrons. The molecule has 0 unspecified atom stereocenters. The minimum atomic E-state index is 0.226. The van der Waals surface area contributed by atoms with Crippen LogP contribution in [0, 0.1) is 6.92 Å². The van der Waals surface area contributed by atoms with E-state index in [0.717, 1.165) is 61.4 Å². The van der Waals surface area contributed by atoms with Crippen molar-refractivity contribution in [2.45, 2.75) is 40.0 Å². The Bertz CT molecular complexity index is 799. The Hall–Kier alpha value is -2.14. The molecule has 1 aromatic carbocycles. The summed E-state index contributed by atoms with van der Waals surface area (Å²) in [5, 5.41) is 0.742. The first-order valence-electron chi connectivity index (χ1n) is 9.65. The minimum absolute atomic E-state index is 0.226. The van der Waals surface area contributed by atoms with Crippen LogP contribution in [0.3, 0.4) is 0 Å². The van der Waals surface area contributed by atoms with Crippen LogP contribution in [0.5, 0.6) is 0 Å². The largest absolute Gasteiger partial charge is 0.353 e. The van der Waals surface area contributed by atoms with E-state index in [1.165, 1.54) is 11.1 Å². The van der Waals surface area contributed by atoms with Gasteiger partial charge < -0.3 is 9.80 Å². The Balaban J connectivity index is 1.89. The van der Waals surface area contributed by atoms with Gasteiger partial charge in [-0.2, -0.15) is 0 Å². The lowest BCUT2D eigenvalue weighted by molar-refractivity contribution is -0.131. The summed E-state index contributed by atoms with van der Waals surface area (Å²) < 4.78 is 0. The van der Waals surface area contributed by atoms with Gasteiger partial charge in [-0.15, -0.1) is 0 Å². The number of hydrogen-bond donors (Lipinski definition) is 0. The highest BCUT2D eigenvalue weighted by atomic mass is 35.5. The third-order valence-electron chi connectivity index (χ3n) is 5.05. The molecular weight excluding hydrogens is 360 g/mol. The monoisotopic (exact) mass is 386 g/mol. The van der Waals surface area contributed by atoms with E-state index >= 15 is 0 Å². The molecule has 0 radical (unpaired) electrons. The van der Waals surface area contributed by atoms with Crippen LogP contribution in [0.4, 0.5) is 5.82 Å². The lowest BCUT2D eigenvalue weighted by Crippen LogP contribution is -2.49. The zero-order chi connectivity index (χ0) is 19.4. The van der Waals surface area contributed by atoms with Crippen LogP contribution < -0.4 is 4.90 Å². The topological polar surface area (TPSA) is 49.3 Å². The number of carbonyl (C=O) groups excluding carboxylic acids is 1. The number of halogens is 1. The fraction of sp³-hybridized carbons (Fsp3) is 0.476. The zero-order valence-corrected chi connectivity index (χ0v) is 17.1. The number of benzene rings is 1. The Morgan fingerprint density at radius 3 is 2.33 bits per heavy atom. The minimum Gasteiger partial charge on any atom is -0.353 e. The first-order valence-corrected chi connectivity index (χ1v) is 10.0. The molecule has 2 aromatic rings. The van der Waals surface area contributed by atoms with E-state index in [9.17, 15) is 4.79 Å². The number of aromatic nitrogens is 2. The van der Waals surface area contributed by atoms with Gasteiger partial charge in [0.05, 0.1) is 0 Å². The van der Waals surface area contributed by atoms with Crippen LogP contribution in [-0.2, 0) is 17.6 Å². The molecule has 2 heterocycles. The molecule has 1 saturated heterocycles. The molecule has 0 saturated carbocycles. The van der Waals surface area contributed by atoms with E-state index in [1.54, 1.807) is 0 Å². The summed E-state index contributed by atoms with van der Waals surface area (Å²) in [6, 6.07) is 7.96. The number of amides is 1. The van der Waals surface area contributed by atoms with Gasteiger partial charge in [0.1, 0.15) is 11.6 Å². The van der Waals surface area contributed by atoms with Crippen molar-refractivity contribution in [1.29, 1.82) is 0 Å². The van der Waals surface area contributed by atoms with Gasteiger partial charge in [0, 0.05) is 55.3 Å². The molecule has 0 aliphatic carbocycles. The van der Waals surface area contributed by atoms with Crippen LogP contribution in [0.1, 0.15) is 42.9 Å². The van der Waals surface area contributed by atoms with Gasteiger partial charge >= 0.3 is 0 Å². The molecule has 0 atom stereocenters. The quantitative estimate of drug-likeness (QED) is 0.787. The van der Waals surface area contributed by atoms with Gasteiger partial charge in [0.25, 0.3) is 0 Å². The lowest BCUT2D eigenvalue weighted by atomic mass is 10.0. The molecule has 1 aliphatic rings. The Morgan fingerprint density at radius 2 is 1.74 bits per heavy atom. The highest BCUT2D eigenvalue weighted by Crippen LogP contribution is 2.26. The van der Waals surface area contributed by atoms with Gasteiger partial charge in [-0.25, -0.2) is 9.97 Å². The summed E-state index contributed by atoms with van der Waals surface area (Å²) >= 11 is 6.03. The van der Waals surface area contributed by atoms with Gasteiger partial charge in [-0.1, -0.05) is 37.6 Å². The molecule has 1 amide bonds. The van der Waals surface area contributed by atoms with Gasteiger partial charge in [0.15, 0.2) is 0 Å². The highest BCUT2D eigenvalue weighted by Gasteiger charge is 2.24. The first kappa shape index (κ1) is 19.6. The van der Waals surface area contributed by atoms with Gasteiger partial charge in [0.2, 0.25) is 5.91 Å². The zero-order valence-electron chi connectivity index (χ0n) is 16.3. The van der Waals surface area contributed by atoms with E-state index in [-0.39, 0.29) is 5.91 Å². The van der Waals surface area contributed by atoms with E-state index in [4.69, 9.17) is 16.6 Å². The predicted octanol–water partition coefficient (Wildman–Crippen LogP) is 3.65. The SMILES string of the molecule is CCC(=O)N1CCN(c2nc(C)nc(CC)c2Cc2ccc(Cl)cc2)CC1. The number of piperazine rings is 1. The van der Waals surface area contributed by atoms with Crippen LogP contribution in [0.2, 0.25) is 5.02 Å². The van der Waals surface area contributed by atoms with Crippen molar-refractivity contribution in [3.63, 3.8) is 0 Å². The molecule has 0 bridgehead atoms. The maximum atomic E-state index is 12.0. The van der Waals surface area contributed by atoms with Gasteiger partial charge in [-0.05, 0) is 31.0 Å². The normalized spacial score (nSPS) is 14.5. The fourth-order valence-corrected chi connectivity index (χ4v) is 3.70. The third-order valence-corrected chi connectivity index (χ3v) is 5.30. The van der Waals surface area contributed by atoms with E-state index in [0.29, 0.717) is 6.42 Å². The average molecular weight is 387 g/mol. The second-order valence-electron chi connectivity index (χ2n) is 6.90.